The van der Waals surface area contributed by atoms with Gasteiger partial charge in [-0.05, 0) is 34.5 Å². The van der Waals surface area contributed by atoms with Crippen LogP contribution in [-0.2, 0) is 0 Å². The summed E-state index contributed by atoms with van der Waals surface area (Å²) in [5.41, 5.74) is 4.04. The maximum Gasteiger partial charge on any atom is 0.107 e. The predicted octanol–water partition coefficient (Wildman–Crippen LogP) is 2.80. The molecule has 1 aliphatic rings. The van der Waals surface area contributed by atoms with E-state index in [4.69, 9.17) is 0 Å². The Morgan fingerprint density at radius 3 is 3.20 bits per heavy atom. The third kappa shape index (κ3) is 1.98. The normalized spacial score (nSPS) is 16.2. The van der Waals surface area contributed by atoms with Gasteiger partial charge in [0.1, 0.15) is 4.61 Å². The largest absolute Gasteiger partial charge is 0.245 e. The fourth-order valence-corrected chi connectivity index (χ4v) is 1.01. The highest BCUT2D eigenvalue weighted by Gasteiger charge is 1.92. The number of halogens is 1. The summed E-state index contributed by atoms with van der Waals surface area (Å²) in [5.74, 6) is 0. The van der Waals surface area contributed by atoms with E-state index in [9.17, 15) is 0 Å². The lowest BCUT2D eigenvalue weighted by molar-refractivity contribution is 1.28. The molecule has 10 heavy (non-hydrogen) atoms. The van der Waals surface area contributed by atoms with Crippen LogP contribution in [0.4, 0.5) is 0 Å². The van der Waals surface area contributed by atoms with E-state index >= 15 is 0 Å². The van der Waals surface area contributed by atoms with E-state index in [0.29, 0.717) is 0 Å². The Morgan fingerprint density at radius 1 is 1.70 bits per heavy atom. The molecular formula is C8H8BrN. The lowest BCUT2D eigenvalue weighted by Crippen LogP contribution is -1.87. The quantitative estimate of drug-likeness (QED) is 0.453. The average molecular weight is 198 g/mol. The molecule has 0 unspecified atom stereocenters. The van der Waals surface area contributed by atoms with Crippen molar-refractivity contribution in [3.63, 3.8) is 0 Å². The van der Waals surface area contributed by atoms with E-state index in [0.717, 1.165) is 16.7 Å². The minimum absolute atomic E-state index is 0.866. The van der Waals surface area contributed by atoms with E-state index in [1.54, 1.807) is 0 Å². The zero-order chi connectivity index (χ0) is 7.40. The first-order valence-electron chi connectivity index (χ1n) is 3.18. The molecule has 0 amide bonds. The molecule has 1 heterocycles. The molecule has 0 bridgehead atoms. The van der Waals surface area contributed by atoms with Crippen molar-refractivity contribution in [3.05, 3.63) is 28.6 Å². The Balaban J connectivity index is 2.93. The number of hydrogen-bond donors (Lipinski definition) is 0. The van der Waals surface area contributed by atoms with Crippen LogP contribution in [-0.4, -0.2) is 5.71 Å². The van der Waals surface area contributed by atoms with Crippen LogP contribution in [0.1, 0.15) is 13.3 Å². The molecule has 0 spiro atoms. The van der Waals surface area contributed by atoms with Crippen molar-refractivity contribution in [1.29, 1.82) is 0 Å². The van der Waals surface area contributed by atoms with Crippen LogP contribution >= 0.6 is 15.9 Å². The topological polar surface area (TPSA) is 12.4 Å². The van der Waals surface area contributed by atoms with Gasteiger partial charge < -0.3 is 0 Å². The average Bonchev–Trinajstić information content (AvgIpc) is 2.13. The second kappa shape index (κ2) is 3.55. The molecule has 1 aliphatic heterocycles. The third-order valence-corrected chi connectivity index (χ3v) is 1.62. The van der Waals surface area contributed by atoms with Crippen molar-refractivity contribution < 1.29 is 0 Å². The van der Waals surface area contributed by atoms with E-state index in [1.807, 2.05) is 18.2 Å². The van der Waals surface area contributed by atoms with Gasteiger partial charge in [-0.1, -0.05) is 6.92 Å². The highest BCUT2D eigenvalue weighted by Crippen LogP contribution is 2.09. The second-order valence-electron chi connectivity index (χ2n) is 1.92. The molecular weight excluding hydrogens is 190 g/mol. The number of aliphatic imine (C=N–C) groups is 1. The summed E-state index contributed by atoms with van der Waals surface area (Å²) in [7, 11) is 0. The van der Waals surface area contributed by atoms with Crippen LogP contribution in [0, 0.1) is 0 Å². The Kier molecular flexibility index (Phi) is 2.67. The number of hydrogen-bond acceptors (Lipinski definition) is 1. The molecule has 0 N–H and O–H groups in total. The molecule has 0 aromatic rings. The first-order valence-corrected chi connectivity index (χ1v) is 3.98. The Labute approximate surface area is 69.0 Å². The standard InChI is InChI=1S/C8H8BrN/c1-2-7-5-3-4-6-8(9)10-7/h4-6H,2H2,1H3. The summed E-state index contributed by atoms with van der Waals surface area (Å²) in [6.45, 7) is 2.07. The Hall–Kier alpha value is -0.590. The van der Waals surface area contributed by atoms with E-state index in [2.05, 4.69) is 33.6 Å². The first-order chi connectivity index (χ1) is 4.83. The molecule has 0 aromatic heterocycles. The maximum absolute atomic E-state index is 4.24. The van der Waals surface area contributed by atoms with Gasteiger partial charge in [0.05, 0.1) is 0 Å². The highest BCUT2D eigenvalue weighted by molar-refractivity contribution is 9.11. The number of rotatable bonds is 1. The van der Waals surface area contributed by atoms with Crippen LogP contribution in [0.5, 0.6) is 0 Å². The van der Waals surface area contributed by atoms with Gasteiger partial charge in [0.15, 0.2) is 0 Å². The van der Waals surface area contributed by atoms with Crippen molar-refractivity contribution >= 4 is 21.6 Å². The summed E-state index contributed by atoms with van der Waals surface area (Å²) in [6.07, 6.45) is 6.56. The molecule has 52 valence electrons. The van der Waals surface area contributed by atoms with Gasteiger partial charge in [-0.15, -0.1) is 5.73 Å². The summed E-state index contributed by atoms with van der Waals surface area (Å²) in [4.78, 5) is 4.24. The smallest absolute Gasteiger partial charge is 0.107 e. The molecule has 0 atom stereocenters. The van der Waals surface area contributed by atoms with Crippen LogP contribution in [0.3, 0.4) is 0 Å². The lowest BCUT2D eigenvalue weighted by Gasteiger charge is -1.91. The van der Waals surface area contributed by atoms with Crippen LogP contribution in [0.2, 0.25) is 0 Å². The molecule has 0 saturated carbocycles. The first kappa shape index (κ1) is 7.52. The van der Waals surface area contributed by atoms with Crippen LogP contribution in [0.25, 0.3) is 0 Å². The van der Waals surface area contributed by atoms with Gasteiger partial charge in [0.25, 0.3) is 0 Å². The van der Waals surface area contributed by atoms with E-state index in [1.165, 1.54) is 0 Å². The predicted molar refractivity (Wildman–Crippen MR) is 47.4 cm³/mol. The fraction of sp³-hybridized carbons (Fsp3) is 0.250. The molecule has 2 heteroatoms. The van der Waals surface area contributed by atoms with Crippen LogP contribution in [0.15, 0.2) is 33.6 Å². The molecule has 1 rings (SSSR count). The number of nitrogens with zero attached hydrogens (tertiary/aromatic N) is 1. The van der Waals surface area contributed by atoms with Crippen molar-refractivity contribution in [1.82, 2.24) is 0 Å². The summed E-state index contributed by atoms with van der Waals surface area (Å²) >= 11 is 3.30. The van der Waals surface area contributed by atoms with Crippen LogP contribution < -0.4 is 0 Å². The molecule has 1 nitrogen and oxygen atoms in total. The Morgan fingerprint density at radius 2 is 2.50 bits per heavy atom. The van der Waals surface area contributed by atoms with Gasteiger partial charge >= 0.3 is 0 Å². The van der Waals surface area contributed by atoms with Gasteiger partial charge in [0.2, 0.25) is 0 Å². The number of allylic oxidation sites excluding steroid dienone is 2. The van der Waals surface area contributed by atoms with Crippen molar-refractivity contribution in [2.24, 2.45) is 4.99 Å². The second-order valence-corrected chi connectivity index (χ2v) is 2.74. The summed E-state index contributed by atoms with van der Waals surface area (Å²) in [5, 5.41) is 0. The molecule has 0 saturated heterocycles. The third-order valence-electron chi connectivity index (χ3n) is 1.18. The minimum Gasteiger partial charge on any atom is -0.245 e. The maximum atomic E-state index is 4.24. The van der Waals surface area contributed by atoms with Crippen molar-refractivity contribution in [2.45, 2.75) is 13.3 Å². The summed E-state index contributed by atoms with van der Waals surface area (Å²) in [6, 6.07) is 0. The zero-order valence-electron chi connectivity index (χ0n) is 5.76. The van der Waals surface area contributed by atoms with Gasteiger partial charge in [-0.2, -0.15) is 0 Å². The molecule has 0 radical (unpaired) electrons. The molecule has 0 fully saturated rings. The highest BCUT2D eigenvalue weighted by atomic mass is 79.9. The van der Waals surface area contributed by atoms with E-state index in [-0.39, 0.29) is 0 Å². The van der Waals surface area contributed by atoms with E-state index < -0.39 is 0 Å². The van der Waals surface area contributed by atoms with Gasteiger partial charge in [-0.25, -0.2) is 4.99 Å². The SMILES string of the molecule is CCC1=NC(Br)=CC=C=C1. The zero-order valence-corrected chi connectivity index (χ0v) is 7.35. The fourth-order valence-electron chi connectivity index (χ4n) is 0.649. The Bertz CT molecular complexity index is 242. The van der Waals surface area contributed by atoms with Crippen molar-refractivity contribution in [3.8, 4) is 0 Å². The lowest BCUT2D eigenvalue weighted by atomic mass is 10.3. The minimum atomic E-state index is 0.866. The van der Waals surface area contributed by atoms with Crippen molar-refractivity contribution in [2.75, 3.05) is 0 Å². The monoisotopic (exact) mass is 197 g/mol. The van der Waals surface area contributed by atoms with Gasteiger partial charge in [-0.3, -0.25) is 0 Å². The molecule has 0 aromatic carbocycles. The van der Waals surface area contributed by atoms with Gasteiger partial charge in [0, 0.05) is 11.8 Å². The molecule has 0 aliphatic carbocycles. The summed E-state index contributed by atoms with van der Waals surface area (Å²) < 4.78 is 0.866.